The first-order valence-corrected chi connectivity index (χ1v) is 7.02. The molecule has 0 amide bonds. The van der Waals surface area contributed by atoms with Crippen LogP contribution in [0.3, 0.4) is 0 Å². The van der Waals surface area contributed by atoms with Crippen molar-refractivity contribution >= 4 is 48.4 Å². The van der Waals surface area contributed by atoms with E-state index in [0.717, 1.165) is 14.9 Å². The largest absolute Gasteiger partial charge is 0.252 e. The Balaban J connectivity index is 2.72. The van der Waals surface area contributed by atoms with E-state index >= 15 is 0 Å². The van der Waals surface area contributed by atoms with Gasteiger partial charge in [-0.1, -0.05) is 0 Å². The number of hydrogen-bond donors (Lipinski definition) is 0. The minimum Gasteiger partial charge on any atom is -0.252 e. The van der Waals surface area contributed by atoms with E-state index in [2.05, 4.69) is 25.9 Å². The van der Waals surface area contributed by atoms with Crippen LogP contribution in [0.1, 0.15) is 5.69 Å². The van der Waals surface area contributed by atoms with Gasteiger partial charge >= 0.3 is 0 Å². The smallest absolute Gasteiger partial charge is 0.183 e. The number of hydrogen-bond acceptors (Lipinski definition) is 4. The van der Waals surface area contributed by atoms with Gasteiger partial charge < -0.3 is 0 Å². The first-order valence-electron chi connectivity index (χ1n) is 3.85. The molecule has 0 radical (unpaired) electrons. The van der Waals surface area contributed by atoms with Crippen LogP contribution in [0.15, 0.2) is 14.9 Å². The van der Waals surface area contributed by atoms with E-state index in [1.54, 1.807) is 6.26 Å². The van der Waals surface area contributed by atoms with Crippen LogP contribution in [-0.2, 0) is 10.8 Å². The molecule has 74 valence electrons. The van der Waals surface area contributed by atoms with Gasteiger partial charge in [0.05, 0.1) is 21.2 Å². The van der Waals surface area contributed by atoms with Gasteiger partial charge in [-0.2, -0.15) is 0 Å². The minimum atomic E-state index is -1.02. The van der Waals surface area contributed by atoms with Gasteiger partial charge in [0.2, 0.25) is 0 Å². The second kappa shape index (κ2) is 3.67. The predicted octanol–water partition coefficient (Wildman–Crippen LogP) is 2.50. The Morgan fingerprint density at radius 2 is 2.21 bits per heavy atom. The lowest BCUT2D eigenvalue weighted by atomic mass is 10.4. The SMILES string of the molecule is Cc1nc2nc([S@@](C)=O)sc2cc1Br. The molecule has 0 saturated carbocycles. The van der Waals surface area contributed by atoms with Crippen LogP contribution >= 0.6 is 27.3 Å². The zero-order valence-corrected chi connectivity index (χ0v) is 10.8. The standard InChI is InChI=1S/C8H7BrN2OS2/c1-4-5(9)3-6-7(10-4)11-8(13-6)14(2)12/h3H,1-2H3/t14-/m1/s1. The van der Waals surface area contributed by atoms with E-state index < -0.39 is 10.8 Å². The van der Waals surface area contributed by atoms with Crippen LogP contribution in [0.5, 0.6) is 0 Å². The minimum absolute atomic E-state index is 0.630. The second-order valence-electron chi connectivity index (χ2n) is 2.81. The molecule has 0 unspecified atom stereocenters. The first kappa shape index (κ1) is 10.2. The fourth-order valence-electron chi connectivity index (χ4n) is 1.03. The molecule has 0 saturated heterocycles. The molecule has 2 aromatic rings. The third kappa shape index (κ3) is 1.74. The van der Waals surface area contributed by atoms with Crippen molar-refractivity contribution in [2.24, 2.45) is 0 Å². The Morgan fingerprint density at radius 3 is 2.86 bits per heavy atom. The van der Waals surface area contributed by atoms with Gasteiger partial charge in [0.25, 0.3) is 0 Å². The summed E-state index contributed by atoms with van der Waals surface area (Å²) in [5.74, 6) is 0. The van der Waals surface area contributed by atoms with Gasteiger partial charge in [0.15, 0.2) is 9.99 Å². The summed E-state index contributed by atoms with van der Waals surface area (Å²) in [6.07, 6.45) is 1.62. The molecule has 14 heavy (non-hydrogen) atoms. The average molecular weight is 291 g/mol. The molecule has 6 heteroatoms. The van der Waals surface area contributed by atoms with Crippen molar-refractivity contribution in [2.75, 3.05) is 6.26 Å². The summed E-state index contributed by atoms with van der Waals surface area (Å²) < 4.78 is 13.8. The lowest BCUT2D eigenvalue weighted by Gasteiger charge is -1.94. The summed E-state index contributed by atoms with van der Waals surface area (Å²) >= 11 is 4.83. The quantitative estimate of drug-likeness (QED) is 0.810. The summed E-state index contributed by atoms with van der Waals surface area (Å²) in [5, 5.41) is 0. The Bertz CT molecular complexity index is 484. The van der Waals surface area contributed by atoms with Crippen molar-refractivity contribution in [3.8, 4) is 0 Å². The van der Waals surface area contributed by atoms with Gasteiger partial charge in [-0.15, -0.1) is 11.3 Å². The summed E-state index contributed by atoms with van der Waals surface area (Å²) in [7, 11) is -1.02. The summed E-state index contributed by atoms with van der Waals surface area (Å²) in [5.41, 5.74) is 1.58. The van der Waals surface area contributed by atoms with Crippen molar-refractivity contribution < 1.29 is 4.21 Å². The number of rotatable bonds is 1. The molecule has 0 aliphatic rings. The number of nitrogens with zero attached hydrogens (tertiary/aromatic N) is 2. The topological polar surface area (TPSA) is 42.9 Å². The fraction of sp³-hybridized carbons (Fsp3) is 0.250. The van der Waals surface area contributed by atoms with E-state index in [4.69, 9.17) is 0 Å². The summed E-state index contributed by atoms with van der Waals surface area (Å²) in [6.45, 7) is 1.91. The van der Waals surface area contributed by atoms with E-state index in [1.165, 1.54) is 11.3 Å². The van der Waals surface area contributed by atoms with E-state index in [9.17, 15) is 4.21 Å². The van der Waals surface area contributed by atoms with Crippen LogP contribution in [-0.4, -0.2) is 20.4 Å². The third-order valence-corrected chi connectivity index (χ3v) is 4.86. The number of pyridine rings is 1. The van der Waals surface area contributed by atoms with Crippen LogP contribution in [0.25, 0.3) is 10.3 Å². The molecule has 2 rings (SSSR count). The molecule has 0 fully saturated rings. The zero-order valence-electron chi connectivity index (χ0n) is 7.57. The molecule has 0 bridgehead atoms. The van der Waals surface area contributed by atoms with Crippen molar-refractivity contribution in [3.63, 3.8) is 0 Å². The van der Waals surface area contributed by atoms with Crippen LogP contribution in [0, 0.1) is 6.92 Å². The van der Waals surface area contributed by atoms with Gasteiger partial charge in [-0.3, -0.25) is 4.21 Å². The molecule has 0 N–H and O–H groups in total. The highest BCUT2D eigenvalue weighted by molar-refractivity contribution is 9.10. The molecule has 2 heterocycles. The maximum Gasteiger partial charge on any atom is 0.183 e. The average Bonchev–Trinajstić information content (AvgIpc) is 2.48. The Morgan fingerprint density at radius 1 is 1.50 bits per heavy atom. The second-order valence-corrected chi connectivity index (χ2v) is 6.25. The monoisotopic (exact) mass is 290 g/mol. The zero-order chi connectivity index (χ0) is 10.3. The number of aromatic nitrogens is 2. The van der Waals surface area contributed by atoms with Gasteiger partial charge in [-0.25, -0.2) is 9.97 Å². The molecule has 1 atom stereocenters. The van der Waals surface area contributed by atoms with Crippen molar-refractivity contribution in [2.45, 2.75) is 11.3 Å². The fourth-order valence-corrected chi connectivity index (χ4v) is 3.14. The third-order valence-electron chi connectivity index (χ3n) is 1.74. The normalized spacial score (nSPS) is 13.4. The molecule has 0 aliphatic heterocycles. The number of thiazole rings is 1. The van der Waals surface area contributed by atoms with Gasteiger partial charge in [0, 0.05) is 10.7 Å². The van der Waals surface area contributed by atoms with Gasteiger partial charge in [-0.05, 0) is 28.9 Å². The Labute approximate surface area is 96.2 Å². The number of fused-ring (bicyclic) bond motifs is 1. The molecule has 0 spiro atoms. The number of aryl methyl sites for hydroxylation is 1. The molecule has 2 aromatic heterocycles. The summed E-state index contributed by atoms with van der Waals surface area (Å²) in [4.78, 5) is 8.50. The van der Waals surface area contributed by atoms with Crippen molar-refractivity contribution in [1.82, 2.24) is 9.97 Å². The number of halogens is 1. The van der Waals surface area contributed by atoms with Crippen LogP contribution in [0.2, 0.25) is 0 Å². The van der Waals surface area contributed by atoms with Gasteiger partial charge in [0.1, 0.15) is 0 Å². The van der Waals surface area contributed by atoms with Crippen molar-refractivity contribution in [1.29, 1.82) is 0 Å². The van der Waals surface area contributed by atoms with E-state index in [0.29, 0.717) is 9.99 Å². The lowest BCUT2D eigenvalue weighted by Crippen LogP contribution is -1.86. The predicted molar refractivity (Wildman–Crippen MR) is 62.2 cm³/mol. The Hall–Kier alpha value is -0.330. The van der Waals surface area contributed by atoms with Crippen molar-refractivity contribution in [3.05, 3.63) is 16.2 Å². The first-order chi connectivity index (χ1) is 6.58. The summed E-state index contributed by atoms with van der Waals surface area (Å²) in [6, 6.07) is 1.96. The van der Waals surface area contributed by atoms with Crippen LogP contribution in [0.4, 0.5) is 0 Å². The maximum atomic E-state index is 11.2. The molecule has 0 aliphatic carbocycles. The van der Waals surface area contributed by atoms with Crippen LogP contribution < -0.4 is 0 Å². The maximum absolute atomic E-state index is 11.2. The molecular formula is C8H7BrN2OS2. The highest BCUT2D eigenvalue weighted by Gasteiger charge is 2.09. The molecular weight excluding hydrogens is 284 g/mol. The van der Waals surface area contributed by atoms with E-state index in [-0.39, 0.29) is 0 Å². The highest BCUT2D eigenvalue weighted by Crippen LogP contribution is 2.26. The lowest BCUT2D eigenvalue weighted by molar-refractivity contribution is 0.686. The highest BCUT2D eigenvalue weighted by atomic mass is 79.9. The Kier molecular flexibility index (Phi) is 2.68. The van der Waals surface area contributed by atoms with E-state index in [1.807, 2.05) is 13.0 Å². The molecule has 0 aromatic carbocycles. The molecule has 3 nitrogen and oxygen atoms in total.